The van der Waals surface area contributed by atoms with E-state index in [-0.39, 0.29) is 39.6 Å². The number of sulfonamides is 1. The number of anilines is 1. The molecule has 0 radical (unpaired) electrons. The zero-order valence-electron chi connectivity index (χ0n) is 23.0. The van der Waals surface area contributed by atoms with E-state index < -0.39 is 34.4 Å². The van der Waals surface area contributed by atoms with Crippen molar-refractivity contribution in [3.63, 3.8) is 0 Å². The molecule has 0 spiro atoms. The number of carbonyl (C=O) groups is 2. The van der Waals surface area contributed by atoms with Gasteiger partial charge < -0.3 is 10.2 Å². The van der Waals surface area contributed by atoms with Crippen LogP contribution in [0.2, 0.25) is 20.1 Å². The van der Waals surface area contributed by atoms with Crippen LogP contribution in [0.1, 0.15) is 38.3 Å². The normalized spacial score (nSPS) is 12.2. The molecule has 0 saturated carbocycles. The summed E-state index contributed by atoms with van der Waals surface area (Å²) in [6.45, 7) is 6.38. The fourth-order valence-corrected chi connectivity index (χ4v) is 6.56. The molecule has 0 saturated heterocycles. The van der Waals surface area contributed by atoms with E-state index in [1.54, 1.807) is 51.1 Å². The minimum Gasteiger partial charge on any atom is -0.352 e. The summed E-state index contributed by atoms with van der Waals surface area (Å²) in [7, 11) is -4.31. The molecule has 1 N–H and O–H groups in total. The smallest absolute Gasteiger partial charge is 0.264 e. The van der Waals surface area contributed by atoms with Crippen molar-refractivity contribution in [1.29, 1.82) is 0 Å². The summed E-state index contributed by atoms with van der Waals surface area (Å²) in [5, 5.41) is 3.74. The minimum absolute atomic E-state index is 0.0171. The highest BCUT2D eigenvalue weighted by Crippen LogP contribution is 2.34. The van der Waals surface area contributed by atoms with E-state index in [1.807, 2.05) is 6.92 Å². The number of carbonyl (C=O) groups excluding carboxylic acids is 2. The summed E-state index contributed by atoms with van der Waals surface area (Å²) in [5.41, 5.74) is 1.30. The second-order valence-corrected chi connectivity index (χ2v) is 13.3. The van der Waals surface area contributed by atoms with Gasteiger partial charge in [-0.3, -0.25) is 13.9 Å². The molecule has 0 aromatic heterocycles. The topological polar surface area (TPSA) is 86.8 Å². The minimum atomic E-state index is -4.31. The molecule has 3 aromatic carbocycles. The quantitative estimate of drug-likeness (QED) is 0.237. The van der Waals surface area contributed by atoms with Crippen LogP contribution in [0.15, 0.2) is 65.6 Å². The molecular weight excluding hydrogens is 628 g/mol. The average Bonchev–Trinajstić information content (AvgIpc) is 2.90. The van der Waals surface area contributed by atoms with E-state index >= 15 is 0 Å². The molecule has 0 aliphatic heterocycles. The van der Waals surface area contributed by atoms with Gasteiger partial charge in [0.25, 0.3) is 10.0 Å². The lowest BCUT2D eigenvalue weighted by molar-refractivity contribution is -0.140. The lowest BCUT2D eigenvalue weighted by atomic mass is 10.1. The highest BCUT2D eigenvalue weighted by molar-refractivity contribution is 7.92. The molecule has 41 heavy (non-hydrogen) atoms. The summed E-state index contributed by atoms with van der Waals surface area (Å²) in [6.07, 6.45) is 0.245. The van der Waals surface area contributed by atoms with E-state index in [0.717, 1.165) is 9.87 Å². The van der Waals surface area contributed by atoms with Crippen molar-refractivity contribution in [2.45, 2.75) is 57.6 Å². The molecule has 0 aliphatic carbocycles. The number of benzene rings is 3. The Balaban J connectivity index is 2.15. The first-order valence-electron chi connectivity index (χ1n) is 12.8. The zero-order valence-corrected chi connectivity index (χ0v) is 26.8. The predicted molar refractivity (Wildman–Crippen MR) is 167 cm³/mol. The maximum Gasteiger partial charge on any atom is 0.264 e. The third-order valence-electron chi connectivity index (χ3n) is 6.27. The second kappa shape index (κ2) is 14.1. The fraction of sp³-hybridized carbons (Fsp3) is 0.310. The average molecular weight is 659 g/mol. The lowest BCUT2D eigenvalue weighted by Gasteiger charge is -2.34. The molecule has 1 atom stereocenters. The van der Waals surface area contributed by atoms with E-state index in [1.165, 1.54) is 35.2 Å². The lowest BCUT2D eigenvalue weighted by Crippen LogP contribution is -2.53. The summed E-state index contributed by atoms with van der Waals surface area (Å²) in [4.78, 5) is 28.7. The van der Waals surface area contributed by atoms with Crippen LogP contribution < -0.4 is 9.62 Å². The van der Waals surface area contributed by atoms with Gasteiger partial charge in [-0.1, -0.05) is 77.1 Å². The van der Waals surface area contributed by atoms with Gasteiger partial charge in [0.05, 0.1) is 15.6 Å². The van der Waals surface area contributed by atoms with Gasteiger partial charge in [-0.25, -0.2) is 8.42 Å². The number of halogens is 4. The van der Waals surface area contributed by atoms with Gasteiger partial charge >= 0.3 is 0 Å². The van der Waals surface area contributed by atoms with Crippen LogP contribution in [0.3, 0.4) is 0 Å². The predicted octanol–water partition coefficient (Wildman–Crippen LogP) is 7.14. The largest absolute Gasteiger partial charge is 0.352 e. The molecule has 220 valence electrons. The monoisotopic (exact) mass is 657 g/mol. The maximum absolute atomic E-state index is 14.2. The highest BCUT2D eigenvalue weighted by atomic mass is 35.5. The summed E-state index contributed by atoms with van der Waals surface area (Å²) < 4.78 is 28.9. The van der Waals surface area contributed by atoms with Gasteiger partial charge in [0.15, 0.2) is 0 Å². The van der Waals surface area contributed by atoms with Crippen molar-refractivity contribution in [3.05, 3.63) is 91.9 Å². The Kier molecular flexibility index (Phi) is 11.4. The van der Waals surface area contributed by atoms with Gasteiger partial charge in [0.2, 0.25) is 11.8 Å². The third-order valence-corrected chi connectivity index (χ3v) is 9.31. The summed E-state index contributed by atoms with van der Waals surface area (Å²) in [5.74, 6) is -1.06. The molecule has 1 unspecified atom stereocenters. The van der Waals surface area contributed by atoms with E-state index in [2.05, 4.69) is 5.32 Å². The summed E-state index contributed by atoms with van der Waals surface area (Å²) in [6, 6.07) is 14.3. The molecule has 3 rings (SSSR count). The molecule has 0 bridgehead atoms. The van der Waals surface area contributed by atoms with Gasteiger partial charge in [-0.05, 0) is 69.7 Å². The van der Waals surface area contributed by atoms with Crippen LogP contribution >= 0.6 is 46.4 Å². The molecule has 12 heteroatoms. The Morgan fingerprint density at radius 2 is 1.51 bits per heavy atom. The third kappa shape index (κ3) is 8.08. The van der Waals surface area contributed by atoms with Crippen LogP contribution in [0.5, 0.6) is 0 Å². The highest BCUT2D eigenvalue weighted by Gasteiger charge is 2.35. The van der Waals surface area contributed by atoms with Gasteiger partial charge in [-0.2, -0.15) is 0 Å². The molecule has 0 heterocycles. The van der Waals surface area contributed by atoms with Crippen molar-refractivity contribution in [1.82, 2.24) is 10.2 Å². The standard InChI is InChI=1S/C29H31Cl4N3O4S/c1-5-26(29(38)34-18(2)3)35(16-22-23(31)7-6-8-24(22)32)28(37)17-36(27-15-20(30)11-14-25(27)33)41(39,40)21-12-9-19(4)10-13-21/h6-15,18,26H,5,16-17H2,1-4H3,(H,34,38). The molecule has 2 amide bonds. The number of rotatable bonds is 11. The molecule has 0 fully saturated rings. The molecular formula is C29H31Cl4N3O4S. The van der Waals surface area contributed by atoms with Crippen LogP contribution in [-0.4, -0.2) is 43.8 Å². The van der Waals surface area contributed by atoms with Crippen LogP contribution in [0.4, 0.5) is 5.69 Å². The maximum atomic E-state index is 14.2. The second-order valence-electron chi connectivity index (χ2n) is 9.73. The Labute approximate surface area is 261 Å². The summed E-state index contributed by atoms with van der Waals surface area (Å²) >= 11 is 25.5. The SMILES string of the molecule is CCC(C(=O)NC(C)C)N(Cc1c(Cl)cccc1Cl)C(=O)CN(c1cc(Cl)ccc1Cl)S(=O)(=O)c1ccc(C)cc1. The van der Waals surface area contributed by atoms with Gasteiger partial charge in [0, 0.05) is 33.2 Å². The number of amides is 2. The van der Waals surface area contributed by atoms with E-state index in [4.69, 9.17) is 46.4 Å². The number of aryl methyl sites for hydroxylation is 1. The Morgan fingerprint density at radius 1 is 0.902 bits per heavy atom. The van der Waals surface area contributed by atoms with Crippen LogP contribution in [0, 0.1) is 6.92 Å². The fourth-order valence-electron chi connectivity index (χ4n) is 4.18. The Morgan fingerprint density at radius 3 is 2.07 bits per heavy atom. The number of nitrogens with zero attached hydrogens (tertiary/aromatic N) is 2. The first-order chi connectivity index (χ1) is 19.3. The first-order valence-corrected chi connectivity index (χ1v) is 15.8. The number of hydrogen-bond donors (Lipinski definition) is 1. The molecule has 0 aliphatic rings. The molecule has 3 aromatic rings. The van der Waals surface area contributed by atoms with Crippen LogP contribution in [0.25, 0.3) is 0 Å². The Hall–Kier alpha value is -2.49. The van der Waals surface area contributed by atoms with Crippen molar-refractivity contribution >= 4 is 73.9 Å². The van der Waals surface area contributed by atoms with E-state index in [0.29, 0.717) is 15.6 Å². The number of nitrogens with one attached hydrogen (secondary N) is 1. The number of hydrogen-bond acceptors (Lipinski definition) is 4. The molecule has 7 nitrogen and oxygen atoms in total. The Bertz CT molecular complexity index is 1490. The van der Waals surface area contributed by atoms with Crippen molar-refractivity contribution < 1.29 is 18.0 Å². The van der Waals surface area contributed by atoms with Gasteiger partial charge in [-0.15, -0.1) is 0 Å². The van der Waals surface area contributed by atoms with E-state index in [9.17, 15) is 18.0 Å². The van der Waals surface area contributed by atoms with Crippen molar-refractivity contribution in [2.24, 2.45) is 0 Å². The zero-order chi connectivity index (χ0) is 30.5. The first kappa shape index (κ1) is 33.0. The van der Waals surface area contributed by atoms with Crippen molar-refractivity contribution in [2.75, 3.05) is 10.8 Å². The van der Waals surface area contributed by atoms with Crippen molar-refractivity contribution in [3.8, 4) is 0 Å². The van der Waals surface area contributed by atoms with Crippen LogP contribution in [-0.2, 0) is 26.2 Å². The van der Waals surface area contributed by atoms with Gasteiger partial charge in [0.1, 0.15) is 12.6 Å².